The van der Waals surface area contributed by atoms with E-state index in [9.17, 15) is 8.42 Å². The molecule has 0 saturated heterocycles. The molecule has 0 aliphatic carbocycles. The Morgan fingerprint density at radius 2 is 1.00 bits per heavy atom. The predicted molar refractivity (Wildman–Crippen MR) is 113 cm³/mol. The molecule has 0 rings (SSSR count). The van der Waals surface area contributed by atoms with E-state index in [1.54, 1.807) is 0 Å². The maximum Gasteiger partial charge on any atom is 0.270 e. The SMILES string of the molecule is CCCCCCCCCCCCCCCCCPOS(=O)(=O)CCC. The van der Waals surface area contributed by atoms with Gasteiger partial charge < -0.3 is 0 Å². The first-order valence-electron chi connectivity index (χ1n) is 10.8. The van der Waals surface area contributed by atoms with Crippen molar-refractivity contribution in [2.24, 2.45) is 0 Å². The van der Waals surface area contributed by atoms with Crippen molar-refractivity contribution in [1.82, 2.24) is 0 Å². The number of rotatable bonds is 20. The largest absolute Gasteiger partial charge is 0.270 e. The zero-order chi connectivity index (χ0) is 18.6. The predicted octanol–water partition coefficient (Wildman–Crippen LogP) is 7.21. The van der Waals surface area contributed by atoms with Crippen LogP contribution in [0, 0.1) is 0 Å². The molecule has 1 unspecified atom stereocenters. The highest BCUT2D eigenvalue weighted by molar-refractivity contribution is 7.89. The van der Waals surface area contributed by atoms with Gasteiger partial charge in [-0.15, -0.1) is 0 Å². The van der Waals surface area contributed by atoms with Crippen LogP contribution < -0.4 is 0 Å². The molecule has 0 fully saturated rings. The van der Waals surface area contributed by atoms with Gasteiger partial charge in [-0.3, -0.25) is 3.97 Å². The Balaban J connectivity index is 3.12. The molecule has 5 heteroatoms. The van der Waals surface area contributed by atoms with E-state index >= 15 is 0 Å². The average molecular weight is 395 g/mol. The van der Waals surface area contributed by atoms with Crippen molar-refractivity contribution in [1.29, 1.82) is 0 Å². The van der Waals surface area contributed by atoms with Crippen molar-refractivity contribution in [3.63, 3.8) is 0 Å². The van der Waals surface area contributed by atoms with Crippen LogP contribution in [0.15, 0.2) is 0 Å². The van der Waals surface area contributed by atoms with Crippen molar-refractivity contribution in [3.8, 4) is 0 Å². The standard InChI is InChI=1S/C20H43O3PS/c1-3-5-6-7-8-9-10-11-12-13-14-15-16-17-18-19-24-23-25(21,22)20-4-2/h24H,3-20H2,1-2H3. The fourth-order valence-corrected chi connectivity index (χ4v) is 5.27. The van der Waals surface area contributed by atoms with Crippen LogP contribution >= 0.6 is 8.81 Å². The summed E-state index contributed by atoms with van der Waals surface area (Å²) >= 11 is 0. The zero-order valence-electron chi connectivity index (χ0n) is 16.9. The molecule has 0 radical (unpaired) electrons. The van der Waals surface area contributed by atoms with Gasteiger partial charge in [0.05, 0.1) is 5.75 Å². The Kier molecular flexibility index (Phi) is 19.4. The lowest BCUT2D eigenvalue weighted by molar-refractivity contribution is 0.510. The molecule has 0 saturated carbocycles. The summed E-state index contributed by atoms with van der Waals surface area (Å²) in [7, 11) is -3.12. The molecule has 25 heavy (non-hydrogen) atoms. The highest BCUT2D eigenvalue weighted by atomic mass is 32.2. The van der Waals surface area contributed by atoms with E-state index in [0.717, 1.165) is 12.6 Å². The quantitative estimate of drug-likeness (QED) is 0.162. The van der Waals surface area contributed by atoms with Gasteiger partial charge in [0.2, 0.25) is 0 Å². The summed E-state index contributed by atoms with van der Waals surface area (Å²) in [5.74, 6) is 0.152. The third-order valence-electron chi connectivity index (χ3n) is 4.52. The van der Waals surface area contributed by atoms with E-state index in [0.29, 0.717) is 6.42 Å². The topological polar surface area (TPSA) is 43.4 Å². The van der Waals surface area contributed by atoms with Crippen molar-refractivity contribution in [2.45, 2.75) is 117 Å². The van der Waals surface area contributed by atoms with Crippen LogP contribution in [0.4, 0.5) is 0 Å². The lowest BCUT2D eigenvalue weighted by Gasteiger charge is -2.05. The molecule has 0 N–H and O–H groups in total. The molecule has 0 heterocycles. The normalized spacial score (nSPS) is 12.4. The third-order valence-corrected chi connectivity index (χ3v) is 7.48. The van der Waals surface area contributed by atoms with Crippen molar-refractivity contribution >= 4 is 18.9 Å². The van der Waals surface area contributed by atoms with Gasteiger partial charge in [-0.1, -0.05) is 104 Å². The average Bonchev–Trinajstić information content (AvgIpc) is 2.57. The van der Waals surface area contributed by atoms with E-state index in [4.69, 9.17) is 3.97 Å². The first-order chi connectivity index (χ1) is 12.1. The van der Waals surface area contributed by atoms with Crippen molar-refractivity contribution in [3.05, 3.63) is 0 Å². The van der Waals surface area contributed by atoms with E-state index in [1.807, 2.05) is 6.92 Å². The summed E-state index contributed by atoms with van der Waals surface area (Å²) in [6, 6.07) is 0. The molecule has 0 bridgehead atoms. The lowest BCUT2D eigenvalue weighted by atomic mass is 10.0. The molecule has 0 spiro atoms. The highest BCUT2D eigenvalue weighted by Gasteiger charge is 2.08. The maximum absolute atomic E-state index is 11.4. The monoisotopic (exact) mass is 394 g/mol. The molecule has 3 nitrogen and oxygen atoms in total. The lowest BCUT2D eigenvalue weighted by Crippen LogP contribution is -2.04. The minimum atomic E-state index is -3.24. The molecular weight excluding hydrogens is 351 g/mol. The summed E-state index contributed by atoms with van der Waals surface area (Å²) in [4.78, 5) is 0. The molecule has 0 amide bonds. The summed E-state index contributed by atoms with van der Waals surface area (Å²) in [6.07, 6.45) is 21.9. The van der Waals surface area contributed by atoms with Crippen LogP contribution in [0.25, 0.3) is 0 Å². The molecule has 0 aromatic rings. The molecule has 0 aromatic carbocycles. The maximum atomic E-state index is 11.4. The Morgan fingerprint density at radius 1 is 0.600 bits per heavy atom. The summed E-state index contributed by atoms with van der Waals surface area (Å²) in [5, 5.41) is 0. The molecular formula is C20H43O3PS. The Morgan fingerprint density at radius 3 is 1.40 bits per heavy atom. The number of hydrogen-bond donors (Lipinski definition) is 0. The molecule has 0 aliphatic rings. The van der Waals surface area contributed by atoms with Crippen LogP contribution in [-0.2, 0) is 14.1 Å². The van der Waals surface area contributed by atoms with E-state index in [-0.39, 0.29) is 14.6 Å². The van der Waals surface area contributed by atoms with Gasteiger partial charge in [0.1, 0.15) is 0 Å². The van der Waals surface area contributed by atoms with Crippen molar-refractivity contribution < 1.29 is 12.4 Å². The second-order valence-corrected chi connectivity index (χ2v) is 10.2. The van der Waals surface area contributed by atoms with Gasteiger partial charge in [-0.25, -0.2) is 0 Å². The van der Waals surface area contributed by atoms with Crippen LogP contribution in [0.2, 0.25) is 0 Å². The minimum absolute atomic E-state index is 0.117. The van der Waals surface area contributed by atoms with Gasteiger partial charge in [-0.2, -0.15) is 8.42 Å². The van der Waals surface area contributed by atoms with Gasteiger partial charge in [0, 0.05) is 8.81 Å². The molecule has 1 atom stereocenters. The van der Waals surface area contributed by atoms with Crippen LogP contribution in [0.1, 0.15) is 117 Å². The van der Waals surface area contributed by atoms with E-state index in [1.165, 1.54) is 89.9 Å². The smallest absolute Gasteiger partial charge is 0.251 e. The fraction of sp³-hybridized carbons (Fsp3) is 1.00. The van der Waals surface area contributed by atoms with Crippen LogP contribution in [0.5, 0.6) is 0 Å². The number of unbranched alkanes of at least 4 members (excludes halogenated alkanes) is 14. The second-order valence-electron chi connectivity index (χ2n) is 7.19. The minimum Gasteiger partial charge on any atom is -0.251 e. The van der Waals surface area contributed by atoms with Gasteiger partial charge in [0.25, 0.3) is 10.1 Å². The first kappa shape index (κ1) is 25.3. The van der Waals surface area contributed by atoms with Crippen molar-refractivity contribution in [2.75, 3.05) is 11.9 Å². The summed E-state index contributed by atoms with van der Waals surface area (Å²) in [5.41, 5.74) is 0. The van der Waals surface area contributed by atoms with Crippen LogP contribution in [0.3, 0.4) is 0 Å². The molecule has 152 valence electrons. The molecule has 0 aliphatic heterocycles. The Hall–Kier alpha value is 0.340. The first-order valence-corrected chi connectivity index (χ1v) is 13.5. The second kappa shape index (κ2) is 19.1. The Bertz CT molecular complexity index is 358. The van der Waals surface area contributed by atoms with Gasteiger partial charge >= 0.3 is 0 Å². The van der Waals surface area contributed by atoms with E-state index in [2.05, 4.69) is 6.92 Å². The third kappa shape index (κ3) is 20.5. The number of hydrogen-bond acceptors (Lipinski definition) is 3. The molecule has 0 aromatic heterocycles. The summed E-state index contributed by atoms with van der Waals surface area (Å²) in [6.45, 7) is 4.13. The zero-order valence-corrected chi connectivity index (χ0v) is 18.7. The van der Waals surface area contributed by atoms with Gasteiger partial charge in [-0.05, 0) is 19.0 Å². The van der Waals surface area contributed by atoms with Crippen LogP contribution in [-0.4, -0.2) is 20.3 Å². The van der Waals surface area contributed by atoms with E-state index < -0.39 is 10.1 Å². The fourth-order valence-electron chi connectivity index (χ4n) is 2.99. The highest BCUT2D eigenvalue weighted by Crippen LogP contribution is 2.20. The summed E-state index contributed by atoms with van der Waals surface area (Å²) < 4.78 is 27.7. The Labute approximate surface area is 160 Å². The van der Waals surface area contributed by atoms with Gasteiger partial charge in [0.15, 0.2) is 0 Å².